The number of ketones is 3. The van der Waals surface area contributed by atoms with Gasteiger partial charge < -0.3 is 61.9 Å². The maximum Gasteiger partial charge on any atom is 0.308 e. The molecule has 668 valence electrons. The number of fused-ring (bicyclic) bond motifs is 4. The molecular weight excluding hydrogens is 1630 g/mol. The number of furan rings is 4. The average Bonchev–Trinajstić information content (AvgIpc) is 1.63. The number of hydrogen-bond acceptors (Lipinski definition) is 24. The molecule has 0 aliphatic heterocycles. The van der Waals surface area contributed by atoms with Crippen LogP contribution >= 0.6 is 11.6 Å². The second-order valence-electron chi connectivity index (χ2n) is 31.1. The molecule has 0 spiro atoms. The number of unbranched alkanes of at least 4 members (excludes halogenated alkanes) is 4. The fourth-order valence-electron chi connectivity index (χ4n) is 13.1. The summed E-state index contributed by atoms with van der Waals surface area (Å²) in [7, 11) is 13.7. The van der Waals surface area contributed by atoms with E-state index in [1.54, 1.807) is 72.8 Å². The molecule has 0 aliphatic rings. The molecular formula is C97H119ClN8O18S. The van der Waals surface area contributed by atoms with Gasteiger partial charge in [0, 0.05) is 126 Å². The smallest absolute Gasteiger partial charge is 0.308 e. The van der Waals surface area contributed by atoms with Crippen molar-refractivity contribution >= 4 is 106 Å². The van der Waals surface area contributed by atoms with Gasteiger partial charge in [0.1, 0.15) is 68.4 Å². The number of nitrogen functional groups attached to an aromatic ring is 1. The fourth-order valence-corrected chi connectivity index (χ4v) is 13.3. The Labute approximate surface area is 738 Å². The number of nitro groups is 2. The number of carbonyl (C=O) groups is 4. The summed E-state index contributed by atoms with van der Waals surface area (Å²) in [6, 6.07) is 51.1. The van der Waals surface area contributed by atoms with Crippen molar-refractivity contribution in [3.8, 4) is 23.0 Å². The van der Waals surface area contributed by atoms with Gasteiger partial charge >= 0.3 is 10.5 Å². The Balaban J connectivity index is 0.000000217. The summed E-state index contributed by atoms with van der Waals surface area (Å²) < 4.78 is 69.2. The quantitative estimate of drug-likeness (QED) is 0.00897. The summed E-state index contributed by atoms with van der Waals surface area (Å²) in [5.74, 6) is 5.80. The molecule has 0 atom stereocenters. The number of nitro benzene ring substituents is 2. The molecule has 4 aromatic heterocycles. The van der Waals surface area contributed by atoms with E-state index >= 15 is 0 Å². The van der Waals surface area contributed by atoms with Crippen LogP contribution in [-0.2, 0) is 36.2 Å². The van der Waals surface area contributed by atoms with Crippen LogP contribution in [0.25, 0.3) is 43.9 Å². The Bertz CT molecular complexity index is 5400. The first-order chi connectivity index (χ1) is 59.9. The monoisotopic (exact) mass is 1750 g/mol. The van der Waals surface area contributed by atoms with Gasteiger partial charge in [-0.3, -0.25) is 39.4 Å². The number of non-ortho nitro benzene ring substituents is 2. The van der Waals surface area contributed by atoms with Gasteiger partial charge in [-0.05, 0) is 272 Å². The van der Waals surface area contributed by atoms with Gasteiger partial charge in [-0.25, -0.2) is 0 Å². The minimum absolute atomic E-state index is 0.0135. The summed E-state index contributed by atoms with van der Waals surface area (Å²) in [5, 5.41) is 24.4. The third-order valence-electron chi connectivity index (χ3n) is 19.7. The number of ether oxygens (including phenoxy) is 4. The van der Waals surface area contributed by atoms with Crippen LogP contribution in [0.1, 0.15) is 191 Å². The first-order valence-corrected chi connectivity index (χ1v) is 43.7. The average molecular weight is 1750 g/mol. The van der Waals surface area contributed by atoms with Crippen LogP contribution in [0.3, 0.4) is 0 Å². The van der Waals surface area contributed by atoms with Gasteiger partial charge in [-0.15, -0.1) is 0 Å². The van der Waals surface area contributed by atoms with E-state index in [9.17, 15) is 39.4 Å². The highest BCUT2D eigenvalue weighted by atomic mass is 35.5. The van der Waals surface area contributed by atoms with Gasteiger partial charge in [-0.2, -0.15) is 13.2 Å². The molecule has 12 rings (SSSR count). The van der Waals surface area contributed by atoms with Crippen LogP contribution in [0.5, 0.6) is 23.0 Å². The maximum absolute atomic E-state index is 13.4. The van der Waals surface area contributed by atoms with E-state index in [1.807, 2.05) is 134 Å². The number of nitrogens with two attached hydrogens (primary N) is 1. The molecule has 0 saturated carbocycles. The Morgan fingerprint density at radius 3 is 1.04 bits per heavy atom. The molecule has 0 radical (unpaired) electrons. The van der Waals surface area contributed by atoms with Crippen molar-refractivity contribution < 1.29 is 74.1 Å². The van der Waals surface area contributed by atoms with Crippen molar-refractivity contribution in [1.82, 2.24) is 19.6 Å². The molecule has 8 aromatic carbocycles. The summed E-state index contributed by atoms with van der Waals surface area (Å²) >= 11 is 5.33. The Morgan fingerprint density at radius 1 is 0.400 bits per heavy atom. The zero-order valence-corrected chi connectivity index (χ0v) is 75.7. The number of hydrogen-bond donors (Lipinski definition) is 2. The number of aryl methyl sites for hydroxylation is 5. The highest BCUT2D eigenvalue weighted by Gasteiger charge is 2.27. The van der Waals surface area contributed by atoms with Crippen LogP contribution < -0.4 is 24.7 Å². The molecule has 0 aliphatic carbocycles. The van der Waals surface area contributed by atoms with Crippen molar-refractivity contribution in [3.63, 3.8) is 0 Å². The van der Waals surface area contributed by atoms with Crippen LogP contribution in [0.4, 0.5) is 17.1 Å². The van der Waals surface area contributed by atoms with Crippen LogP contribution in [-0.4, -0.2) is 169 Å². The number of nitrogens with one attached hydrogen (secondary N) is 1. The van der Waals surface area contributed by atoms with E-state index < -0.39 is 25.6 Å². The lowest BCUT2D eigenvalue weighted by Crippen LogP contribution is -2.15. The Kier molecular flexibility index (Phi) is 41.7. The highest BCUT2D eigenvalue weighted by molar-refractivity contribution is 7.60. The summed E-state index contributed by atoms with van der Waals surface area (Å²) in [4.78, 5) is 80.3. The van der Waals surface area contributed by atoms with Crippen molar-refractivity contribution in [2.24, 2.45) is 0 Å². The molecule has 12 aromatic rings. The second kappa shape index (κ2) is 52.1. The first-order valence-electron chi connectivity index (χ1n) is 42.3. The minimum atomic E-state index is -2.61. The van der Waals surface area contributed by atoms with E-state index in [-0.39, 0.29) is 28.7 Å². The number of halogens is 1. The molecule has 0 fully saturated rings. The molecule has 4 heterocycles. The molecule has 3 N–H and O–H groups in total. The SMILES string of the molecule is CCCCc1cc2cc([N+](=O)[O-])ccc2o1.CCCCc1oc2ccc(C)cc2c1C(=O)c1ccc(OCCCN(C)C)cc1.CCCCc1oc2ccc(N)cc2c1C(=O)c1ccc(OCCCN(C)C)cc1.CCCCc1oc2ccc([N+](=O)[O-])cc2c1C(=O)c1ccc(OCCCN(C)C)cc1.CN(C)CCCOc1ccc(C(=O)Cl)cc1.N=S(=O)=O. The fraction of sp³-hybridized carbons (Fsp3) is 0.381. The number of anilines is 1. The zero-order valence-electron chi connectivity index (χ0n) is 74.1. The van der Waals surface area contributed by atoms with Gasteiger partial charge in [0.05, 0.1) is 53.0 Å². The Hall–Kier alpha value is -11.9. The van der Waals surface area contributed by atoms with E-state index in [0.29, 0.717) is 106 Å². The van der Waals surface area contributed by atoms with Gasteiger partial charge in [0.15, 0.2) is 17.3 Å². The van der Waals surface area contributed by atoms with Crippen LogP contribution in [0.15, 0.2) is 194 Å². The molecule has 26 nitrogen and oxygen atoms in total. The molecule has 0 bridgehead atoms. The number of benzene rings is 8. The maximum atomic E-state index is 13.4. The van der Waals surface area contributed by atoms with Crippen molar-refractivity contribution in [1.29, 1.82) is 4.78 Å². The summed E-state index contributed by atoms with van der Waals surface area (Å²) in [5.41, 5.74) is 14.4. The van der Waals surface area contributed by atoms with Gasteiger partial charge in [-0.1, -0.05) is 65.0 Å². The molecule has 28 heteroatoms. The van der Waals surface area contributed by atoms with Gasteiger partial charge in [0.25, 0.3) is 16.6 Å². The standard InChI is InChI=1S/C25H31NO3.C24H28N2O5.C24H30N2O3.C12H16ClNO2.C12H13NO3.HNO2S/c1-5-6-8-23-24(21-17-18(2)9-14-22(21)29-23)25(27)19-10-12-20(13-11-19)28-16-7-15-26(3)4;1-4-5-7-22-23(20-16-18(26(28)29)10-13-21(20)31-22)24(27)17-8-11-19(12-9-17)30-15-6-14-25(2)3;1-4-5-7-22-23(20-16-18(25)10-13-21(20)29-22)24(27)17-8-11-19(12-9-17)28-15-6-14-26(2)3;1-14(2)8-3-9-16-11-6-4-10(5-7-11)12(13)15;1-2-3-4-11-8-9-7-10(13(14)15)5-6-12(9)16-11;1-4(2)3/h9-14,17H,5-8,15-16H2,1-4H3;8-13,16H,4-7,14-15H2,1-3H3;8-13,16H,4-7,14-15,25H2,1-3H3;4-7H,3,8-9H2,1-2H3;5-8H,2-4H2,1H3;1H. The zero-order chi connectivity index (χ0) is 91.1. The summed E-state index contributed by atoms with van der Waals surface area (Å²) in [6.45, 7) is 17.0. The minimum Gasteiger partial charge on any atom is -0.494 e. The number of carbonyl (C=O) groups excluding carboxylic acids is 4. The van der Waals surface area contributed by atoms with E-state index in [2.05, 4.69) is 61.4 Å². The third-order valence-corrected chi connectivity index (χ3v) is 19.9. The lowest BCUT2D eigenvalue weighted by molar-refractivity contribution is -0.384. The third kappa shape index (κ3) is 32.6. The van der Waals surface area contributed by atoms with Gasteiger partial charge in [0.2, 0.25) is 0 Å². The van der Waals surface area contributed by atoms with E-state index in [4.69, 9.17) is 67.1 Å². The molecule has 0 unspecified atom stereocenters. The van der Waals surface area contributed by atoms with Crippen molar-refractivity contribution in [2.75, 3.05) is 115 Å². The van der Waals surface area contributed by atoms with E-state index in [0.717, 1.165) is 190 Å². The van der Waals surface area contributed by atoms with Crippen molar-refractivity contribution in [3.05, 3.63) is 264 Å². The largest absolute Gasteiger partial charge is 0.494 e. The topological polar surface area (TPSA) is 341 Å². The number of nitrogens with zero attached hydrogens (tertiary/aromatic N) is 6. The Morgan fingerprint density at radius 2 is 0.704 bits per heavy atom. The van der Waals surface area contributed by atoms with E-state index in [1.165, 1.54) is 18.2 Å². The lowest BCUT2D eigenvalue weighted by atomic mass is 9.97. The second-order valence-corrected chi connectivity index (χ2v) is 31.9. The molecule has 0 saturated heterocycles. The highest BCUT2D eigenvalue weighted by Crippen LogP contribution is 2.36. The number of rotatable bonds is 41. The van der Waals surface area contributed by atoms with Crippen molar-refractivity contribution in [2.45, 2.75) is 137 Å². The summed E-state index contributed by atoms with van der Waals surface area (Å²) in [6.07, 6.45) is 14.9. The predicted molar refractivity (Wildman–Crippen MR) is 494 cm³/mol. The molecule has 125 heavy (non-hydrogen) atoms. The predicted octanol–water partition coefficient (Wildman–Crippen LogP) is 21.5. The van der Waals surface area contributed by atoms with Crippen LogP contribution in [0.2, 0.25) is 0 Å². The first kappa shape index (κ1) is 100. The molecule has 0 amide bonds. The normalized spacial score (nSPS) is 11.0. The van der Waals surface area contributed by atoms with Crippen LogP contribution in [0, 0.1) is 31.9 Å². The lowest BCUT2D eigenvalue weighted by Gasteiger charge is -2.10.